The second-order valence-corrected chi connectivity index (χ2v) is 5.51. The van der Waals surface area contributed by atoms with Crippen LogP contribution < -0.4 is 10.1 Å². The van der Waals surface area contributed by atoms with Crippen LogP contribution >= 0.6 is 0 Å². The highest BCUT2D eigenvalue weighted by molar-refractivity contribution is 5.36. The normalized spacial score (nSPS) is 15.3. The third-order valence-corrected chi connectivity index (χ3v) is 3.84. The van der Waals surface area contributed by atoms with Crippen LogP contribution in [0.25, 0.3) is 0 Å². The van der Waals surface area contributed by atoms with Crippen LogP contribution in [-0.4, -0.2) is 49.3 Å². The summed E-state index contributed by atoms with van der Waals surface area (Å²) in [6.45, 7) is 6.09. The van der Waals surface area contributed by atoms with E-state index in [9.17, 15) is 0 Å². The molecule has 0 amide bonds. The number of nitrogens with one attached hydrogen (secondary N) is 1. The maximum Gasteiger partial charge on any atom is 0.126 e. The monoisotopic (exact) mass is 313 g/mol. The molecule has 122 valence electrons. The number of rotatable bonds is 7. The predicted molar refractivity (Wildman–Crippen MR) is 90.8 cm³/mol. The van der Waals surface area contributed by atoms with E-state index in [1.165, 1.54) is 5.56 Å². The first-order valence-corrected chi connectivity index (χ1v) is 8.07. The molecule has 0 aliphatic carbocycles. The molecule has 1 aromatic heterocycles. The first kappa shape index (κ1) is 15.8. The summed E-state index contributed by atoms with van der Waals surface area (Å²) in [4.78, 5) is 6.62. The Hall–Kier alpha value is -2.11. The fraction of sp³-hybridized carbons (Fsp3) is 0.389. The van der Waals surface area contributed by atoms with E-state index in [1.807, 2.05) is 30.3 Å². The van der Waals surface area contributed by atoms with Gasteiger partial charge in [-0.1, -0.05) is 18.2 Å². The van der Waals surface area contributed by atoms with Gasteiger partial charge in [-0.25, -0.2) is 4.98 Å². The smallest absolute Gasteiger partial charge is 0.126 e. The van der Waals surface area contributed by atoms with Crippen LogP contribution in [0.15, 0.2) is 48.7 Å². The van der Waals surface area contributed by atoms with Gasteiger partial charge in [-0.05, 0) is 29.8 Å². The molecule has 23 heavy (non-hydrogen) atoms. The van der Waals surface area contributed by atoms with E-state index in [4.69, 9.17) is 9.47 Å². The first-order valence-electron chi connectivity index (χ1n) is 8.07. The van der Waals surface area contributed by atoms with Crippen molar-refractivity contribution in [3.8, 4) is 5.75 Å². The molecule has 0 saturated carbocycles. The summed E-state index contributed by atoms with van der Waals surface area (Å²) >= 11 is 0. The van der Waals surface area contributed by atoms with Crippen molar-refractivity contribution in [3.63, 3.8) is 0 Å². The van der Waals surface area contributed by atoms with Crippen LogP contribution in [0.3, 0.4) is 0 Å². The van der Waals surface area contributed by atoms with E-state index in [-0.39, 0.29) is 0 Å². The zero-order chi connectivity index (χ0) is 15.7. The van der Waals surface area contributed by atoms with Gasteiger partial charge < -0.3 is 14.8 Å². The van der Waals surface area contributed by atoms with Gasteiger partial charge in [0, 0.05) is 32.4 Å². The first-order chi connectivity index (χ1) is 11.4. The highest BCUT2D eigenvalue weighted by Crippen LogP contribution is 2.13. The molecule has 1 saturated heterocycles. The Bertz CT molecular complexity index is 569. The Morgan fingerprint density at radius 1 is 1.09 bits per heavy atom. The molecule has 2 aromatic rings. The topological polar surface area (TPSA) is 46.6 Å². The molecule has 1 fully saturated rings. The van der Waals surface area contributed by atoms with Crippen LogP contribution in [0.1, 0.15) is 5.56 Å². The number of pyridine rings is 1. The molecular formula is C18H23N3O2. The van der Waals surface area contributed by atoms with Crippen LogP contribution in [0.5, 0.6) is 5.75 Å². The van der Waals surface area contributed by atoms with E-state index in [2.05, 4.69) is 27.3 Å². The third kappa shape index (κ3) is 5.23. The molecule has 1 aliphatic heterocycles. The lowest BCUT2D eigenvalue weighted by Crippen LogP contribution is -2.38. The van der Waals surface area contributed by atoms with Gasteiger partial charge >= 0.3 is 0 Å². The molecule has 5 nitrogen and oxygen atoms in total. The molecule has 1 aliphatic rings. The van der Waals surface area contributed by atoms with E-state index in [0.717, 1.165) is 51.0 Å². The van der Waals surface area contributed by atoms with Crippen molar-refractivity contribution in [2.75, 3.05) is 44.8 Å². The number of ether oxygens (including phenoxy) is 2. The molecule has 0 unspecified atom stereocenters. The molecule has 0 spiro atoms. The van der Waals surface area contributed by atoms with Gasteiger partial charge in [-0.2, -0.15) is 0 Å². The Kier molecular flexibility index (Phi) is 5.83. The number of anilines is 1. The minimum Gasteiger partial charge on any atom is -0.492 e. The standard InChI is InChI=1S/C18H23N3O2/c1-2-8-19-18(3-1)20-15-16-4-6-17(7-5-16)23-14-11-21-9-12-22-13-10-21/h1-8H,9-15H2,(H,19,20). The van der Waals surface area contributed by atoms with E-state index >= 15 is 0 Å². The van der Waals surface area contributed by atoms with Gasteiger partial charge in [0.05, 0.1) is 13.2 Å². The molecule has 2 heterocycles. The average Bonchev–Trinajstić information content (AvgIpc) is 2.63. The maximum atomic E-state index is 5.81. The summed E-state index contributed by atoms with van der Waals surface area (Å²) in [7, 11) is 0. The highest BCUT2D eigenvalue weighted by Gasteiger charge is 2.09. The van der Waals surface area contributed by atoms with Crippen molar-refractivity contribution < 1.29 is 9.47 Å². The van der Waals surface area contributed by atoms with Crippen molar-refractivity contribution in [1.29, 1.82) is 0 Å². The maximum absolute atomic E-state index is 5.81. The second kappa shape index (κ2) is 8.50. The van der Waals surface area contributed by atoms with Crippen LogP contribution in [-0.2, 0) is 11.3 Å². The Balaban J connectivity index is 1.40. The lowest BCUT2D eigenvalue weighted by molar-refractivity contribution is 0.0322. The molecule has 0 atom stereocenters. The fourth-order valence-electron chi connectivity index (χ4n) is 2.48. The highest BCUT2D eigenvalue weighted by atomic mass is 16.5. The van der Waals surface area contributed by atoms with Gasteiger partial charge in [0.2, 0.25) is 0 Å². The Morgan fingerprint density at radius 3 is 2.65 bits per heavy atom. The van der Waals surface area contributed by atoms with Crippen molar-refractivity contribution in [3.05, 3.63) is 54.2 Å². The van der Waals surface area contributed by atoms with Gasteiger partial charge in [0.25, 0.3) is 0 Å². The van der Waals surface area contributed by atoms with E-state index in [1.54, 1.807) is 6.20 Å². The van der Waals surface area contributed by atoms with Crippen molar-refractivity contribution >= 4 is 5.82 Å². The zero-order valence-corrected chi connectivity index (χ0v) is 13.3. The third-order valence-electron chi connectivity index (χ3n) is 3.84. The number of morpholine rings is 1. The largest absolute Gasteiger partial charge is 0.492 e. The number of hydrogen-bond acceptors (Lipinski definition) is 5. The lowest BCUT2D eigenvalue weighted by Gasteiger charge is -2.26. The molecule has 3 rings (SSSR count). The van der Waals surface area contributed by atoms with Crippen LogP contribution in [0.4, 0.5) is 5.82 Å². The summed E-state index contributed by atoms with van der Waals surface area (Å²) in [6, 6.07) is 14.1. The van der Waals surface area contributed by atoms with Gasteiger partial charge in [-0.3, -0.25) is 4.90 Å². The SMILES string of the molecule is c1ccc(NCc2ccc(OCCN3CCOCC3)cc2)nc1. The number of benzene rings is 1. The van der Waals surface area contributed by atoms with Crippen molar-refractivity contribution in [2.45, 2.75) is 6.54 Å². The van der Waals surface area contributed by atoms with Gasteiger partial charge in [0.1, 0.15) is 18.2 Å². The molecule has 0 radical (unpaired) electrons. The minimum absolute atomic E-state index is 0.714. The fourth-order valence-corrected chi connectivity index (χ4v) is 2.48. The zero-order valence-electron chi connectivity index (χ0n) is 13.3. The van der Waals surface area contributed by atoms with E-state index in [0.29, 0.717) is 6.61 Å². The van der Waals surface area contributed by atoms with Crippen LogP contribution in [0, 0.1) is 0 Å². The molecule has 0 bridgehead atoms. The summed E-state index contributed by atoms with van der Waals surface area (Å²) in [5.74, 6) is 1.80. The summed E-state index contributed by atoms with van der Waals surface area (Å²) in [5, 5.41) is 3.30. The number of hydrogen-bond donors (Lipinski definition) is 1. The number of aromatic nitrogens is 1. The summed E-state index contributed by atoms with van der Waals surface area (Å²) in [6.07, 6.45) is 1.79. The average molecular weight is 313 g/mol. The quantitative estimate of drug-likeness (QED) is 0.850. The Morgan fingerprint density at radius 2 is 1.91 bits per heavy atom. The summed E-state index contributed by atoms with van der Waals surface area (Å²) < 4.78 is 11.2. The van der Waals surface area contributed by atoms with Gasteiger partial charge in [-0.15, -0.1) is 0 Å². The molecule has 1 aromatic carbocycles. The number of nitrogens with zero attached hydrogens (tertiary/aromatic N) is 2. The molecule has 5 heteroatoms. The van der Waals surface area contributed by atoms with Crippen LogP contribution in [0.2, 0.25) is 0 Å². The molecular weight excluding hydrogens is 290 g/mol. The van der Waals surface area contributed by atoms with Gasteiger partial charge in [0.15, 0.2) is 0 Å². The second-order valence-electron chi connectivity index (χ2n) is 5.51. The minimum atomic E-state index is 0.714. The van der Waals surface area contributed by atoms with Crippen molar-refractivity contribution in [2.24, 2.45) is 0 Å². The molecule has 1 N–H and O–H groups in total. The van der Waals surface area contributed by atoms with Crippen molar-refractivity contribution in [1.82, 2.24) is 9.88 Å². The lowest BCUT2D eigenvalue weighted by atomic mass is 10.2. The predicted octanol–water partition coefficient (Wildman–Crippen LogP) is 2.40. The summed E-state index contributed by atoms with van der Waals surface area (Å²) in [5.41, 5.74) is 1.20. The van der Waals surface area contributed by atoms with E-state index < -0.39 is 0 Å². The Labute approximate surface area is 137 Å².